The van der Waals surface area contributed by atoms with Crippen molar-refractivity contribution in [2.45, 2.75) is 32.6 Å². The molecule has 44 valence electrons. The highest BCUT2D eigenvalue weighted by Crippen LogP contribution is 2.48. The summed E-state index contributed by atoms with van der Waals surface area (Å²) >= 11 is 0. The third-order valence-electron chi connectivity index (χ3n) is 1.82. The van der Waals surface area contributed by atoms with E-state index in [1.807, 2.05) is 0 Å². The van der Waals surface area contributed by atoms with E-state index in [4.69, 9.17) is 5.26 Å². The molecule has 1 nitrogen and oxygen atoms in total. The minimum absolute atomic E-state index is 0.148. The molecular formula is C7H11N. The zero-order valence-corrected chi connectivity index (χ0v) is 5.28. The Morgan fingerprint density at radius 3 is 2.38 bits per heavy atom. The van der Waals surface area contributed by atoms with E-state index in [0.29, 0.717) is 0 Å². The minimum atomic E-state index is 0.148. The first kappa shape index (κ1) is 5.62. The number of nitrogens with zero attached hydrogens (tertiary/aromatic N) is 1. The number of rotatable bonds is 2. The van der Waals surface area contributed by atoms with Crippen molar-refractivity contribution in [3.8, 4) is 6.07 Å². The van der Waals surface area contributed by atoms with Crippen molar-refractivity contribution < 1.29 is 0 Å². The molecular weight excluding hydrogens is 98.1 g/mol. The molecule has 0 heterocycles. The molecule has 1 saturated carbocycles. The maximum atomic E-state index is 8.54. The monoisotopic (exact) mass is 109 g/mol. The summed E-state index contributed by atoms with van der Waals surface area (Å²) < 4.78 is 0. The molecule has 0 spiro atoms. The summed E-state index contributed by atoms with van der Waals surface area (Å²) in [6, 6.07) is 2.35. The fourth-order valence-corrected chi connectivity index (χ4v) is 1.05. The highest BCUT2D eigenvalue weighted by molar-refractivity contribution is 5.09. The third kappa shape index (κ3) is 0.838. The molecule has 1 aliphatic carbocycles. The van der Waals surface area contributed by atoms with Crippen LogP contribution in [-0.2, 0) is 0 Å². The summed E-state index contributed by atoms with van der Waals surface area (Å²) in [4.78, 5) is 0. The topological polar surface area (TPSA) is 23.8 Å². The summed E-state index contributed by atoms with van der Waals surface area (Å²) in [5.74, 6) is 0. The maximum absolute atomic E-state index is 8.54. The van der Waals surface area contributed by atoms with Gasteiger partial charge < -0.3 is 0 Å². The summed E-state index contributed by atoms with van der Waals surface area (Å²) in [5.41, 5.74) is 0.148. The SMILES string of the molecule is CCCC1(C#N)CC1. The van der Waals surface area contributed by atoms with Crippen LogP contribution in [0.1, 0.15) is 32.6 Å². The number of hydrogen-bond donors (Lipinski definition) is 0. The Labute approximate surface area is 50.3 Å². The van der Waals surface area contributed by atoms with E-state index in [1.165, 1.54) is 0 Å². The van der Waals surface area contributed by atoms with Crippen LogP contribution in [0.25, 0.3) is 0 Å². The van der Waals surface area contributed by atoms with Gasteiger partial charge in [0.25, 0.3) is 0 Å². The van der Waals surface area contributed by atoms with Crippen molar-refractivity contribution in [3.63, 3.8) is 0 Å². The summed E-state index contributed by atoms with van der Waals surface area (Å²) in [6.45, 7) is 2.14. The van der Waals surface area contributed by atoms with Gasteiger partial charge in [0, 0.05) is 0 Å². The van der Waals surface area contributed by atoms with Crippen LogP contribution in [0.5, 0.6) is 0 Å². The highest BCUT2D eigenvalue weighted by atomic mass is 14.5. The van der Waals surface area contributed by atoms with Crippen LogP contribution in [0.3, 0.4) is 0 Å². The molecule has 0 aromatic rings. The second kappa shape index (κ2) is 1.78. The molecule has 1 aliphatic rings. The lowest BCUT2D eigenvalue weighted by atomic mass is 10.0. The first-order valence-corrected chi connectivity index (χ1v) is 3.24. The van der Waals surface area contributed by atoms with Crippen LogP contribution < -0.4 is 0 Å². The van der Waals surface area contributed by atoms with Crippen molar-refractivity contribution in [2.24, 2.45) is 5.41 Å². The van der Waals surface area contributed by atoms with Gasteiger partial charge in [0.1, 0.15) is 0 Å². The zero-order valence-electron chi connectivity index (χ0n) is 5.28. The van der Waals surface area contributed by atoms with E-state index in [9.17, 15) is 0 Å². The third-order valence-corrected chi connectivity index (χ3v) is 1.82. The van der Waals surface area contributed by atoms with Gasteiger partial charge in [0.05, 0.1) is 11.5 Å². The first-order valence-electron chi connectivity index (χ1n) is 3.24. The van der Waals surface area contributed by atoms with Gasteiger partial charge in [-0.1, -0.05) is 13.3 Å². The van der Waals surface area contributed by atoms with Gasteiger partial charge in [-0.2, -0.15) is 5.26 Å². The average molecular weight is 109 g/mol. The predicted molar refractivity (Wildman–Crippen MR) is 32.2 cm³/mol. The van der Waals surface area contributed by atoms with Gasteiger partial charge in [0.2, 0.25) is 0 Å². The smallest absolute Gasteiger partial charge is 0.0689 e. The van der Waals surface area contributed by atoms with Crippen LogP contribution in [0.15, 0.2) is 0 Å². The van der Waals surface area contributed by atoms with Crippen LogP contribution in [0, 0.1) is 16.7 Å². The average Bonchev–Trinajstić information content (AvgIpc) is 2.50. The Hall–Kier alpha value is -0.510. The van der Waals surface area contributed by atoms with E-state index in [1.54, 1.807) is 0 Å². The summed E-state index contributed by atoms with van der Waals surface area (Å²) in [7, 11) is 0. The lowest BCUT2D eigenvalue weighted by Gasteiger charge is -1.97. The Bertz CT molecular complexity index is 117. The molecule has 0 unspecified atom stereocenters. The predicted octanol–water partition coefficient (Wildman–Crippen LogP) is 2.09. The van der Waals surface area contributed by atoms with Crippen LogP contribution in [0.4, 0.5) is 0 Å². The molecule has 0 aliphatic heterocycles. The van der Waals surface area contributed by atoms with E-state index in [-0.39, 0.29) is 5.41 Å². The van der Waals surface area contributed by atoms with Gasteiger partial charge >= 0.3 is 0 Å². The highest BCUT2D eigenvalue weighted by Gasteiger charge is 2.41. The zero-order chi connectivity index (χ0) is 6.04. The molecule has 0 bridgehead atoms. The van der Waals surface area contributed by atoms with Gasteiger partial charge in [-0.15, -0.1) is 0 Å². The fourth-order valence-electron chi connectivity index (χ4n) is 1.05. The lowest BCUT2D eigenvalue weighted by molar-refractivity contribution is 0.585. The Morgan fingerprint density at radius 1 is 1.62 bits per heavy atom. The van der Waals surface area contributed by atoms with E-state index in [2.05, 4.69) is 13.0 Å². The van der Waals surface area contributed by atoms with Gasteiger partial charge in [-0.05, 0) is 19.3 Å². The Morgan fingerprint density at radius 2 is 2.25 bits per heavy atom. The normalized spacial score (nSPS) is 22.0. The van der Waals surface area contributed by atoms with Crippen LogP contribution in [-0.4, -0.2) is 0 Å². The minimum Gasteiger partial charge on any atom is -0.198 e. The lowest BCUT2D eigenvalue weighted by Crippen LogP contribution is -1.92. The molecule has 1 fully saturated rings. The van der Waals surface area contributed by atoms with Crippen LogP contribution in [0.2, 0.25) is 0 Å². The second-order valence-electron chi connectivity index (χ2n) is 2.64. The molecule has 0 aromatic heterocycles. The van der Waals surface area contributed by atoms with Crippen molar-refractivity contribution in [2.75, 3.05) is 0 Å². The van der Waals surface area contributed by atoms with E-state index >= 15 is 0 Å². The van der Waals surface area contributed by atoms with Crippen molar-refractivity contribution >= 4 is 0 Å². The van der Waals surface area contributed by atoms with E-state index in [0.717, 1.165) is 25.7 Å². The summed E-state index contributed by atoms with van der Waals surface area (Å²) in [6.07, 6.45) is 4.58. The molecule has 1 rings (SSSR count). The fraction of sp³-hybridized carbons (Fsp3) is 0.857. The Kier molecular flexibility index (Phi) is 1.25. The van der Waals surface area contributed by atoms with E-state index < -0.39 is 0 Å². The number of nitriles is 1. The van der Waals surface area contributed by atoms with Crippen molar-refractivity contribution in [3.05, 3.63) is 0 Å². The largest absolute Gasteiger partial charge is 0.198 e. The first-order chi connectivity index (χ1) is 3.83. The van der Waals surface area contributed by atoms with Gasteiger partial charge in [0.15, 0.2) is 0 Å². The quantitative estimate of drug-likeness (QED) is 0.532. The molecule has 0 atom stereocenters. The number of hydrogen-bond acceptors (Lipinski definition) is 1. The van der Waals surface area contributed by atoms with Gasteiger partial charge in [-0.25, -0.2) is 0 Å². The second-order valence-corrected chi connectivity index (χ2v) is 2.64. The molecule has 8 heavy (non-hydrogen) atoms. The van der Waals surface area contributed by atoms with Crippen LogP contribution >= 0.6 is 0 Å². The Balaban J connectivity index is 2.33. The van der Waals surface area contributed by atoms with Crippen molar-refractivity contribution in [1.82, 2.24) is 0 Å². The van der Waals surface area contributed by atoms with Crippen molar-refractivity contribution in [1.29, 1.82) is 5.26 Å². The molecule has 0 N–H and O–H groups in total. The molecule has 0 amide bonds. The molecule has 0 radical (unpaired) electrons. The standard InChI is InChI=1S/C7H11N/c1-2-3-7(6-8)4-5-7/h2-5H2,1H3. The molecule has 0 saturated heterocycles. The molecule has 1 heteroatoms. The summed E-state index contributed by atoms with van der Waals surface area (Å²) in [5, 5.41) is 8.54. The molecule has 0 aromatic carbocycles. The maximum Gasteiger partial charge on any atom is 0.0689 e. The van der Waals surface area contributed by atoms with Gasteiger partial charge in [-0.3, -0.25) is 0 Å².